The molecule has 0 saturated heterocycles. The van der Waals surface area contributed by atoms with Crippen LogP contribution in [0.1, 0.15) is 52.0 Å². The summed E-state index contributed by atoms with van der Waals surface area (Å²) in [6.45, 7) is 0.875. The van der Waals surface area contributed by atoms with Crippen molar-refractivity contribution in [3.63, 3.8) is 0 Å². The van der Waals surface area contributed by atoms with Crippen LogP contribution in [0.2, 0.25) is 0 Å². The predicted molar refractivity (Wildman–Crippen MR) is 126 cm³/mol. The van der Waals surface area contributed by atoms with Crippen LogP contribution >= 0.6 is 0 Å². The molecule has 2 aliphatic rings. The number of aromatic nitrogens is 4. The molecule has 4 heterocycles. The van der Waals surface area contributed by atoms with Crippen molar-refractivity contribution < 1.29 is 23.7 Å². The van der Waals surface area contributed by atoms with Gasteiger partial charge in [0.2, 0.25) is 5.75 Å². The highest BCUT2D eigenvalue weighted by molar-refractivity contribution is 5.92. The van der Waals surface area contributed by atoms with Crippen molar-refractivity contribution in [3.05, 3.63) is 71.4 Å². The van der Waals surface area contributed by atoms with Crippen molar-refractivity contribution in [2.75, 3.05) is 20.8 Å². The SMILES string of the molecule is COC(=O)c1cnc2c(c1)ncn2Cc1cc(OC)c2c(c1)OCC(c1ccc(C3CC3)nc1)O2. The molecule has 1 saturated carbocycles. The first-order valence-electron chi connectivity index (χ1n) is 11.5. The number of ether oxygens (including phenoxy) is 4. The van der Waals surface area contributed by atoms with Crippen molar-refractivity contribution in [3.8, 4) is 17.2 Å². The van der Waals surface area contributed by atoms with E-state index < -0.39 is 5.97 Å². The van der Waals surface area contributed by atoms with Gasteiger partial charge in [-0.25, -0.2) is 14.8 Å². The predicted octanol–water partition coefficient (Wildman–Crippen LogP) is 4.06. The van der Waals surface area contributed by atoms with E-state index in [0.29, 0.717) is 53.0 Å². The maximum Gasteiger partial charge on any atom is 0.339 e. The Morgan fingerprint density at radius 2 is 2.00 bits per heavy atom. The van der Waals surface area contributed by atoms with Gasteiger partial charge in [0.25, 0.3) is 0 Å². The van der Waals surface area contributed by atoms with E-state index in [1.807, 2.05) is 22.9 Å². The van der Waals surface area contributed by atoms with Crippen molar-refractivity contribution >= 4 is 17.1 Å². The summed E-state index contributed by atoms with van der Waals surface area (Å²) in [6, 6.07) is 9.69. The standard InChI is InChI=1S/C26H24N4O5/c1-32-21-7-15(12-30-14-29-20-9-18(26(31)33-2)11-28-25(20)30)8-22-24(21)35-23(13-34-22)17-5-6-19(27-10-17)16-3-4-16/h5-11,14,16,23H,3-4,12-13H2,1-2H3. The normalized spacial score (nSPS) is 16.8. The first-order valence-corrected chi connectivity index (χ1v) is 11.5. The highest BCUT2D eigenvalue weighted by Gasteiger charge is 2.29. The summed E-state index contributed by atoms with van der Waals surface area (Å²) < 4.78 is 24.7. The maximum absolute atomic E-state index is 11.8. The van der Waals surface area contributed by atoms with Crippen LogP contribution in [0.3, 0.4) is 0 Å². The quantitative estimate of drug-likeness (QED) is 0.388. The Labute approximate surface area is 201 Å². The van der Waals surface area contributed by atoms with Gasteiger partial charge in [-0.05, 0) is 42.7 Å². The van der Waals surface area contributed by atoms with Gasteiger partial charge >= 0.3 is 5.97 Å². The Kier molecular flexibility index (Phi) is 5.24. The lowest BCUT2D eigenvalue weighted by Gasteiger charge is -2.28. The van der Waals surface area contributed by atoms with E-state index in [9.17, 15) is 4.79 Å². The minimum Gasteiger partial charge on any atom is -0.493 e. The third-order valence-corrected chi connectivity index (χ3v) is 6.36. The third kappa shape index (κ3) is 4.03. The van der Waals surface area contributed by atoms with Gasteiger partial charge in [0.05, 0.1) is 32.7 Å². The van der Waals surface area contributed by atoms with Crippen LogP contribution in [0.5, 0.6) is 17.2 Å². The van der Waals surface area contributed by atoms with Gasteiger partial charge in [-0.3, -0.25) is 4.98 Å². The molecule has 1 aliphatic heterocycles. The second-order valence-electron chi connectivity index (χ2n) is 8.76. The van der Waals surface area contributed by atoms with Gasteiger partial charge in [0.1, 0.15) is 12.1 Å². The number of hydrogen-bond donors (Lipinski definition) is 0. The molecular weight excluding hydrogens is 448 g/mol. The Morgan fingerprint density at radius 1 is 1.11 bits per heavy atom. The molecule has 0 spiro atoms. The molecule has 9 heteroatoms. The molecule has 1 fully saturated rings. The second-order valence-corrected chi connectivity index (χ2v) is 8.76. The van der Waals surface area contributed by atoms with Crippen molar-refractivity contribution in [2.24, 2.45) is 0 Å². The molecule has 0 radical (unpaired) electrons. The molecule has 1 atom stereocenters. The Hall–Kier alpha value is -4.14. The summed E-state index contributed by atoms with van der Waals surface area (Å²) in [7, 11) is 2.95. The number of carbonyl (C=O) groups excluding carboxylic acids is 1. The Bertz CT molecular complexity index is 1390. The minimum atomic E-state index is -0.446. The average Bonchev–Trinajstić information content (AvgIpc) is 3.69. The smallest absolute Gasteiger partial charge is 0.339 e. The van der Waals surface area contributed by atoms with Gasteiger partial charge in [0, 0.05) is 29.6 Å². The zero-order chi connectivity index (χ0) is 23.9. The number of benzene rings is 1. The molecule has 0 bridgehead atoms. The summed E-state index contributed by atoms with van der Waals surface area (Å²) in [6.07, 6.45) is 7.26. The number of esters is 1. The molecular formula is C26H24N4O5. The van der Waals surface area contributed by atoms with Gasteiger partial charge < -0.3 is 23.5 Å². The van der Waals surface area contributed by atoms with E-state index >= 15 is 0 Å². The highest BCUT2D eigenvalue weighted by Crippen LogP contribution is 2.45. The largest absolute Gasteiger partial charge is 0.493 e. The summed E-state index contributed by atoms with van der Waals surface area (Å²) >= 11 is 0. The molecule has 35 heavy (non-hydrogen) atoms. The number of carbonyl (C=O) groups is 1. The molecule has 0 amide bonds. The lowest BCUT2D eigenvalue weighted by molar-refractivity contribution is 0.0600. The van der Waals surface area contributed by atoms with Crippen molar-refractivity contribution in [1.82, 2.24) is 19.5 Å². The van der Waals surface area contributed by atoms with Crippen LogP contribution in [0, 0.1) is 0 Å². The first kappa shape index (κ1) is 21.4. The molecule has 3 aromatic heterocycles. The van der Waals surface area contributed by atoms with Gasteiger partial charge in [0.15, 0.2) is 23.3 Å². The Balaban J connectivity index is 1.24. The summed E-state index contributed by atoms with van der Waals surface area (Å²) in [5, 5.41) is 0. The van der Waals surface area contributed by atoms with Crippen LogP contribution < -0.4 is 14.2 Å². The molecule has 9 nitrogen and oxygen atoms in total. The first-order chi connectivity index (χ1) is 17.1. The Morgan fingerprint density at radius 3 is 2.74 bits per heavy atom. The fourth-order valence-corrected chi connectivity index (χ4v) is 4.32. The molecule has 1 aliphatic carbocycles. The van der Waals surface area contributed by atoms with Crippen molar-refractivity contribution in [1.29, 1.82) is 0 Å². The molecule has 178 valence electrons. The van der Waals surface area contributed by atoms with E-state index in [4.69, 9.17) is 18.9 Å². The summed E-state index contributed by atoms with van der Waals surface area (Å²) in [5.41, 5.74) is 4.70. The third-order valence-electron chi connectivity index (χ3n) is 6.36. The van der Waals surface area contributed by atoms with Crippen LogP contribution in [0.4, 0.5) is 0 Å². The van der Waals surface area contributed by atoms with E-state index in [1.165, 1.54) is 26.1 Å². The van der Waals surface area contributed by atoms with Gasteiger partial charge in [-0.1, -0.05) is 6.07 Å². The highest BCUT2D eigenvalue weighted by atomic mass is 16.6. The summed E-state index contributed by atoms with van der Waals surface area (Å²) in [4.78, 5) is 25.2. The van der Waals surface area contributed by atoms with E-state index in [1.54, 1.807) is 19.5 Å². The number of pyridine rings is 2. The molecule has 6 rings (SSSR count). The van der Waals surface area contributed by atoms with Gasteiger partial charge in [-0.2, -0.15) is 0 Å². The topological polar surface area (TPSA) is 97.6 Å². The monoisotopic (exact) mass is 472 g/mol. The minimum absolute atomic E-state index is 0.256. The molecule has 1 aromatic carbocycles. The lowest BCUT2D eigenvalue weighted by Crippen LogP contribution is -2.22. The number of imidazole rings is 1. The number of fused-ring (bicyclic) bond motifs is 2. The van der Waals surface area contributed by atoms with Crippen LogP contribution in [0.25, 0.3) is 11.2 Å². The van der Waals surface area contributed by atoms with Crippen molar-refractivity contribution in [2.45, 2.75) is 31.4 Å². The van der Waals surface area contributed by atoms with Crippen LogP contribution in [-0.4, -0.2) is 46.3 Å². The fourth-order valence-electron chi connectivity index (χ4n) is 4.32. The number of methoxy groups -OCH3 is 2. The maximum atomic E-state index is 11.8. The van der Waals surface area contributed by atoms with Gasteiger partial charge in [-0.15, -0.1) is 0 Å². The number of rotatable bonds is 6. The zero-order valence-corrected chi connectivity index (χ0v) is 19.4. The molecule has 4 aromatic rings. The lowest BCUT2D eigenvalue weighted by atomic mass is 10.1. The van der Waals surface area contributed by atoms with E-state index in [2.05, 4.69) is 27.1 Å². The number of hydrogen-bond acceptors (Lipinski definition) is 8. The fraction of sp³-hybridized carbons (Fsp3) is 0.308. The van der Waals surface area contributed by atoms with E-state index in [-0.39, 0.29) is 6.10 Å². The summed E-state index contributed by atoms with van der Waals surface area (Å²) in [5.74, 6) is 1.97. The van der Waals surface area contributed by atoms with Crippen LogP contribution in [0.15, 0.2) is 49.1 Å². The zero-order valence-electron chi connectivity index (χ0n) is 19.4. The molecule has 1 unspecified atom stereocenters. The van der Waals surface area contributed by atoms with E-state index in [0.717, 1.165) is 16.8 Å². The second kappa shape index (κ2) is 8.57. The average molecular weight is 473 g/mol. The molecule has 0 N–H and O–H groups in total. The van der Waals surface area contributed by atoms with Crippen LogP contribution in [-0.2, 0) is 11.3 Å². The number of nitrogens with zero attached hydrogens (tertiary/aromatic N) is 4.